The first kappa shape index (κ1) is 82.4. The number of carbonyl (C=O) groups is 2. The van der Waals surface area contributed by atoms with Crippen LogP contribution < -0.4 is 21.1 Å². The summed E-state index contributed by atoms with van der Waals surface area (Å²) >= 11 is 3.25. The number of aliphatic hydroxyl groups is 1. The molecule has 22 nitrogen and oxygen atoms in total. The van der Waals surface area contributed by atoms with Crippen LogP contribution >= 0.6 is 15.9 Å². The molecule has 3 heterocycles. The molecular weight excluding hydrogens is 1340 g/mol. The van der Waals surface area contributed by atoms with Crippen LogP contribution in [0.4, 0.5) is 31.5 Å². The Kier molecular flexibility index (Phi) is 28.5. The lowest BCUT2D eigenvalue weighted by molar-refractivity contribution is 0.0546. The second-order valence-electron chi connectivity index (χ2n) is 22.7. The molecule has 0 saturated carbocycles. The summed E-state index contributed by atoms with van der Waals surface area (Å²) in [5.41, 5.74) is 1.10. The number of hydrogen-bond donors (Lipinski definition) is 5. The number of nitrogens with zero attached hydrogens (tertiary/aromatic N) is 6. The number of phenolic OH excluding ortho intramolecular Hbond substituents is 1. The summed E-state index contributed by atoms with van der Waals surface area (Å²) in [6, 6.07) is 23.2. The van der Waals surface area contributed by atoms with Crippen molar-refractivity contribution in [2.45, 2.75) is 133 Å². The lowest BCUT2D eigenvalue weighted by Gasteiger charge is -2.36. The maximum Gasteiger partial charge on any atom is 0.414 e. The van der Waals surface area contributed by atoms with Gasteiger partial charge in [-0.15, -0.1) is 0 Å². The van der Waals surface area contributed by atoms with Crippen LogP contribution in [0.1, 0.15) is 120 Å². The first-order valence-corrected chi connectivity index (χ1v) is 31.9. The number of amides is 2. The fraction of sp³-hybridized carbons (Fsp3) is 0.426. The zero-order valence-corrected chi connectivity index (χ0v) is 54.0. The van der Waals surface area contributed by atoms with E-state index in [4.69, 9.17) is 25.1 Å². The summed E-state index contributed by atoms with van der Waals surface area (Å²) in [6.45, 7) is 14.2. The van der Waals surface area contributed by atoms with E-state index in [-0.39, 0.29) is 83.2 Å². The smallest absolute Gasteiger partial charge is 0.414 e. The SMILES string of the molecule is C.C.C.C.CN1C(N)=N[C@](C)(c2cc(COc3cccc(F)c3)ccc2F)CS1(=O)=O.CN1C(NC(=O)OC(C)(C)C)=N[C@](C)(c2cc(Br)ccc2F)CS1(=O)=O.CN1C(NC(=O)OC(C)(C)C)=N[C@](C)(c2cc(CO)ccc2F)CS1(=O)=O.Oc1cccc(F)c1. The highest BCUT2D eigenvalue weighted by Crippen LogP contribution is 2.38. The summed E-state index contributed by atoms with van der Waals surface area (Å²) < 4.78 is 162. The standard InChI is InChI=1S/C18H19F2N3O3S.C17H24FN3O5S.C16H21BrFN3O4S.C6H5FO.4CH4/c1-18(11-27(24,25)23(2)17(21)22-18)15-8-12(6-7-16(15)20)10-26-14-5-3-4-13(19)9-14;1-16(2,3)26-15(23)19-14-20-17(4,10-27(24,25)21(14)5)12-8-11(9-22)6-7-13(12)18;1-15(2,3)25-14(22)19-13-20-16(4,9-26(23,24)21(13)5)11-8-10(17)6-7-12(11)18;7-5-2-1-3-6(8)4-5;;;;/h3-9H,10-11H2,1-2H3,(H2,21,22);6-8,22H,9-10H2,1-5H3,(H,19,20,23);6-8H,9H2,1-5H3,(H,19,20,22);1-4,8H;4*1H4/t18-;17-;16-;;;;;/m000...../s1. The number of halogens is 6. The largest absolute Gasteiger partial charge is 0.508 e. The van der Waals surface area contributed by atoms with E-state index < -0.39 is 116 Å². The molecule has 2 amide bonds. The van der Waals surface area contributed by atoms with Gasteiger partial charge < -0.3 is 30.2 Å². The normalized spacial score (nSPS) is 20.0. The minimum absolute atomic E-state index is 0. The van der Waals surface area contributed by atoms with Crippen molar-refractivity contribution in [1.29, 1.82) is 0 Å². The molecule has 512 valence electrons. The van der Waals surface area contributed by atoms with Crippen molar-refractivity contribution >= 4 is 76.1 Å². The number of benzene rings is 5. The zero-order valence-electron chi connectivity index (χ0n) is 50.0. The number of aliphatic imine (C=N–C) groups is 3. The van der Waals surface area contributed by atoms with Crippen molar-refractivity contribution in [3.05, 3.63) is 165 Å². The fourth-order valence-corrected chi connectivity index (χ4v) is 13.2. The van der Waals surface area contributed by atoms with Gasteiger partial charge >= 0.3 is 12.2 Å². The molecule has 0 radical (unpaired) electrons. The van der Waals surface area contributed by atoms with E-state index in [9.17, 15) is 61.9 Å². The first-order chi connectivity index (χ1) is 40.4. The molecule has 0 bridgehead atoms. The van der Waals surface area contributed by atoms with E-state index in [0.717, 1.165) is 25.0 Å². The Morgan fingerprint density at radius 3 is 1.35 bits per heavy atom. The number of rotatable bonds is 7. The molecule has 92 heavy (non-hydrogen) atoms. The van der Waals surface area contributed by atoms with Gasteiger partial charge in [-0.05, 0) is 140 Å². The Balaban J connectivity index is 0.000000635. The van der Waals surface area contributed by atoms with Gasteiger partial charge in [0.2, 0.25) is 47.9 Å². The van der Waals surface area contributed by atoms with Crippen LogP contribution in [0.2, 0.25) is 0 Å². The lowest BCUT2D eigenvalue weighted by Crippen LogP contribution is -2.54. The minimum Gasteiger partial charge on any atom is -0.508 e. The summed E-state index contributed by atoms with van der Waals surface area (Å²) in [5, 5.41) is 22.5. The number of alkyl carbamates (subject to hydrolysis) is 2. The number of sulfonamides is 3. The van der Waals surface area contributed by atoms with E-state index in [1.165, 1.54) is 127 Å². The van der Waals surface area contributed by atoms with Crippen LogP contribution in [-0.4, -0.2) is 128 Å². The molecule has 5 aromatic rings. The van der Waals surface area contributed by atoms with E-state index in [2.05, 4.69) is 41.5 Å². The third-order valence-corrected chi connectivity index (χ3v) is 19.1. The maximum atomic E-state index is 14.5. The number of nitrogens with two attached hydrogens (primary N) is 1. The second-order valence-corrected chi connectivity index (χ2v) is 29.6. The van der Waals surface area contributed by atoms with Crippen LogP contribution in [0.15, 0.2) is 123 Å². The zero-order chi connectivity index (χ0) is 66.3. The third-order valence-electron chi connectivity index (χ3n) is 12.8. The van der Waals surface area contributed by atoms with Gasteiger partial charge in [0.15, 0.2) is 0 Å². The van der Waals surface area contributed by atoms with E-state index in [1.54, 1.807) is 47.6 Å². The van der Waals surface area contributed by atoms with Gasteiger partial charge in [-0.1, -0.05) is 69.9 Å². The monoisotopic (exact) mass is 1420 g/mol. The molecule has 3 aliphatic rings. The quantitative estimate of drug-likeness (QED) is 0.0947. The van der Waals surface area contributed by atoms with Crippen LogP contribution in [0.25, 0.3) is 0 Å². The van der Waals surface area contributed by atoms with Crippen LogP contribution in [-0.2, 0) is 69.4 Å². The topological polar surface area (TPSA) is 302 Å². The van der Waals surface area contributed by atoms with Gasteiger partial charge in [-0.3, -0.25) is 10.6 Å². The van der Waals surface area contributed by atoms with E-state index >= 15 is 0 Å². The average molecular weight is 1420 g/mol. The predicted octanol–water partition coefficient (Wildman–Crippen LogP) is 11.1. The third kappa shape index (κ3) is 22.0. The minimum atomic E-state index is -3.89. The number of ether oxygens (including phenoxy) is 3. The molecule has 3 aliphatic heterocycles. The highest BCUT2D eigenvalue weighted by atomic mass is 79.9. The van der Waals surface area contributed by atoms with Gasteiger partial charge in [0.05, 0.1) is 23.9 Å². The summed E-state index contributed by atoms with van der Waals surface area (Å²) in [7, 11) is -7.64. The fourth-order valence-electron chi connectivity index (χ4n) is 8.48. The molecule has 0 spiro atoms. The lowest BCUT2D eigenvalue weighted by atomic mass is 9.92. The van der Waals surface area contributed by atoms with E-state index in [0.29, 0.717) is 21.3 Å². The molecule has 8 rings (SSSR count). The number of hydrogen-bond acceptors (Lipinski definition) is 17. The first-order valence-electron chi connectivity index (χ1n) is 26.3. The summed E-state index contributed by atoms with van der Waals surface area (Å²) in [6.07, 6.45) is -1.73. The molecule has 0 aliphatic carbocycles. The average Bonchev–Trinajstić information content (AvgIpc) is 0.771. The molecule has 5 aromatic carbocycles. The van der Waals surface area contributed by atoms with Gasteiger partial charge in [0.1, 0.15) is 75.0 Å². The molecule has 31 heteroatoms. The van der Waals surface area contributed by atoms with Crippen LogP contribution in [0.3, 0.4) is 0 Å². The molecule has 0 fully saturated rings. The Labute approximate surface area is 546 Å². The highest BCUT2D eigenvalue weighted by molar-refractivity contribution is 9.10. The Bertz CT molecular complexity index is 3860. The Hall–Kier alpha value is -7.61. The van der Waals surface area contributed by atoms with E-state index in [1.807, 2.05) is 0 Å². The van der Waals surface area contributed by atoms with Gasteiger partial charge in [0.25, 0.3) is 0 Å². The summed E-state index contributed by atoms with van der Waals surface area (Å²) in [5.74, 6) is -4.45. The number of aliphatic hydroxyl groups excluding tert-OH is 1. The van der Waals surface area contributed by atoms with Gasteiger partial charge in [0, 0.05) is 54.4 Å². The van der Waals surface area contributed by atoms with Crippen molar-refractivity contribution in [3.63, 3.8) is 0 Å². The summed E-state index contributed by atoms with van der Waals surface area (Å²) in [4.78, 5) is 36.9. The molecule has 3 atom stereocenters. The maximum absolute atomic E-state index is 14.5. The number of carbonyl (C=O) groups excluding carboxylic acids is 2. The number of guanidine groups is 3. The molecule has 0 saturated heterocycles. The van der Waals surface area contributed by atoms with Gasteiger partial charge in [-0.2, -0.15) is 0 Å². The van der Waals surface area contributed by atoms with Crippen molar-refractivity contribution in [2.75, 3.05) is 38.4 Å². The predicted molar refractivity (Wildman–Crippen MR) is 350 cm³/mol. The second kappa shape index (κ2) is 31.8. The van der Waals surface area contributed by atoms with Crippen molar-refractivity contribution in [1.82, 2.24) is 23.5 Å². The number of aromatic hydroxyl groups is 1. The Morgan fingerprint density at radius 2 is 0.957 bits per heavy atom. The number of nitrogens with one attached hydrogen (secondary N) is 2. The van der Waals surface area contributed by atoms with Crippen molar-refractivity contribution < 1.29 is 81.2 Å². The molecule has 6 N–H and O–H groups in total. The molecule has 0 unspecified atom stereocenters. The number of phenols is 1. The highest BCUT2D eigenvalue weighted by Gasteiger charge is 2.46. The van der Waals surface area contributed by atoms with Gasteiger partial charge in [-0.25, -0.2) is 84.7 Å². The molecular formula is C61H85BrF5N9O13S3. The van der Waals surface area contributed by atoms with Crippen LogP contribution in [0.5, 0.6) is 11.5 Å². The van der Waals surface area contributed by atoms with Crippen molar-refractivity contribution in [3.8, 4) is 11.5 Å². The van der Waals surface area contributed by atoms with Crippen LogP contribution in [0, 0.1) is 29.1 Å². The Morgan fingerprint density at radius 1 is 0.576 bits per heavy atom. The van der Waals surface area contributed by atoms with Crippen molar-refractivity contribution in [2.24, 2.45) is 20.7 Å². The molecule has 0 aromatic heterocycles.